The van der Waals surface area contributed by atoms with Crippen LogP contribution < -0.4 is 0 Å². The van der Waals surface area contributed by atoms with Crippen molar-refractivity contribution in [3.63, 3.8) is 0 Å². The van der Waals surface area contributed by atoms with E-state index in [-0.39, 0.29) is 6.54 Å². The average molecular weight is 225 g/mol. The van der Waals surface area contributed by atoms with E-state index in [4.69, 9.17) is 5.11 Å². The zero-order valence-electron chi connectivity index (χ0n) is 10.0. The third-order valence-corrected chi connectivity index (χ3v) is 4.22. The number of carboxylic acids is 1. The molecule has 2 rings (SSSR count). The van der Waals surface area contributed by atoms with E-state index in [1.54, 1.807) is 0 Å². The summed E-state index contributed by atoms with van der Waals surface area (Å²) in [5.41, 5.74) is 0. The average Bonchev–Trinajstić information content (AvgIpc) is 2.84. The maximum atomic E-state index is 10.7. The Morgan fingerprint density at radius 2 is 1.88 bits per heavy atom. The first-order valence-electron chi connectivity index (χ1n) is 6.71. The van der Waals surface area contributed by atoms with Crippen molar-refractivity contribution in [3.05, 3.63) is 0 Å². The Bertz CT molecular complexity index is 236. The number of likely N-dealkylation sites (tertiary alicyclic amines) is 1. The van der Waals surface area contributed by atoms with Gasteiger partial charge in [-0.25, -0.2) is 0 Å². The van der Waals surface area contributed by atoms with Crippen LogP contribution in [0.1, 0.15) is 51.4 Å². The van der Waals surface area contributed by atoms with Crippen LogP contribution in [0.2, 0.25) is 0 Å². The van der Waals surface area contributed by atoms with Gasteiger partial charge in [0.15, 0.2) is 0 Å². The lowest BCUT2D eigenvalue weighted by atomic mass is 9.97. The van der Waals surface area contributed by atoms with E-state index < -0.39 is 5.97 Å². The summed E-state index contributed by atoms with van der Waals surface area (Å²) in [6, 6.07) is 0.552. The summed E-state index contributed by atoms with van der Waals surface area (Å²) in [5.74, 6) is 0.264. The fraction of sp³-hybridized carbons (Fsp3) is 0.923. The Kier molecular flexibility index (Phi) is 4.22. The van der Waals surface area contributed by atoms with Gasteiger partial charge >= 0.3 is 5.97 Å². The molecular formula is C13H23NO2. The van der Waals surface area contributed by atoms with Gasteiger partial charge in [0.1, 0.15) is 0 Å². The molecule has 0 radical (unpaired) electrons. The van der Waals surface area contributed by atoms with Crippen LogP contribution in [0.3, 0.4) is 0 Å². The number of hydrogen-bond donors (Lipinski definition) is 1. The van der Waals surface area contributed by atoms with Crippen LogP contribution in [0, 0.1) is 5.92 Å². The maximum absolute atomic E-state index is 10.7. The molecule has 16 heavy (non-hydrogen) atoms. The molecular weight excluding hydrogens is 202 g/mol. The van der Waals surface area contributed by atoms with Gasteiger partial charge in [0, 0.05) is 6.04 Å². The Balaban J connectivity index is 1.72. The predicted octanol–water partition coefficient (Wildman–Crippen LogP) is 2.51. The zero-order valence-corrected chi connectivity index (χ0v) is 10.0. The molecule has 0 aromatic heterocycles. The number of carbonyl (C=O) groups is 1. The molecule has 92 valence electrons. The quantitative estimate of drug-likeness (QED) is 0.781. The molecule has 1 N–H and O–H groups in total. The third-order valence-electron chi connectivity index (χ3n) is 4.22. The molecule has 0 amide bonds. The molecule has 1 heterocycles. The highest BCUT2D eigenvalue weighted by Gasteiger charge is 2.27. The molecule has 1 aliphatic carbocycles. The maximum Gasteiger partial charge on any atom is 0.317 e. The minimum Gasteiger partial charge on any atom is -0.480 e. The number of hydrogen-bond acceptors (Lipinski definition) is 2. The highest BCUT2D eigenvalue weighted by atomic mass is 16.4. The lowest BCUT2D eigenvalue weighted by molar-refractivity contribution is -0.138. The topological polar surface area (TPSA) is 40.5 Å². The molecule has 1 atom stereocenters. The van der Waals surface area contributed by atoms with E-state index >= 15 is 0 Å². The molecule has 2 fully saturated rings. The van der Waals surface area contributed by atoms with Crippen LogP contribution in [0.4, 0.5) is 0 Å². The fourth-order valence-electron chi connectivity index (χ4n) is 3.33. The Labute approximate surface area is 97.8 Å². The van der Waals surface area contributed by atoms with Crippen molar-refractivity contribution in [1.29, 1.82) is 0 Å². The van der Waals surface area contributed by atoms with E-state index in [0.717, 1.165) is 12.5 Å². The van der Waals surface area contributed by atoms with E-state index in [9.17, 15) is 4.79 Å². The monoisotopic (exact) mass is 225 g/mol. The molecule has 0 aromatic rings. The summed E-state index contributed by atoms with van der Waals surface area (Å²) in [6.45, 7) is 1.23. The molecule has 1 aliphatic heterocycles. The van der Waals surface area contributed by atoms with Crippen molar-refractivity contribution in [2.75, 3.05) is 13.1 Å². The van der Waals surface area contributed by atoms with Crippen LogP contribution in [-0.4, -0.2) is 35.1 Å². The number of nitrogens with zero attached hydrogens (tertiary/aromatic N) is 1. The molecule has 1 unspecified atom stereocenters. The van der Waals surface area contributed by atoms with Gasteiger partial charge in [0.05, 0.1) is 6.54 Å². The summed E-state index contributed by atoms with van der Waals surface area (Å²) >= 11 is 0. The van der Waals surface area contributed by atoms with Gasteiger partial charge in [-0.3, -0.25) is 9.69 Å². The van der Waals surface area contributed by atoms with Crippen molar-refractivity contribution in [2.24, 2.45) is 5.92 Å². The highest BCUT2D eigenvalue weighted by molar-refractivity contribution is 5.69. The first-order valence-corrected chi connectivity index (χ1v) is 6.71. The van der Waals surface area contributed by atoms with Gasteiger partial charge in [0.2, 0.25) is 0 Å². The molecule has 3 nitrogen and oxygen atoms in total. The minimum atomic E-state index is -0.673. The van der Waals surface area contributed by atoms with Crippen molar-refractivity contribution < 1.29 is 9.90 Å². The fourth-order valence-corrected chi connectivity index (χ4v) is 3.33. The normalized spacial score (nSPS) is 27.6. The molecule has 1 saturated heterocycles. The molecule has 1 saturated carbocycles. The lowest BCUT2D eigenvalue weighted by Gasteiger charge is -2.23. The largest absolute Gasteiger partial charge is 0.480 e. The number of rotatable bonds is 5. The van der Waals surface area contributed by atoms with E-state index in [1.807, 2.05) is 0 Å². The van der Waals surface area contributed by atoms with E-state index in [0.29, 0.717) is 6.04 Å². The molecule has 0 aromatic carbocycles. The Morgan fingerprint density at radius 3 is 2.56 bits per heavy atom. The van der Waals surface area contributed by atoms with Crippen molar-refractivity contribution in [3.8, 4) is 0 Å². The predicted molar refractivity (Wildman–Crippen MR) is 63.4 cm³/mol. The van der Waals surface area contributed by atoms with Gasteiger partial charge in [-0.2, -0.15) is 0 Å². The SMILES string of the molecule is O=C(O)CN1CCCC1CCC1CCCC1. The van der Waals surface area contributed by atoms with Gasteiger partial charge in [-0.15, -0.1) is 0 Å². The summed E-state index contributed by atoms with van der Waals surface area (Å²) < 4.78 is 0. The minimum absolute atomic E-state index is 0.245. The first kappa shape index (κ1) is 11.9. The number of aliphatic carboxylic acids is 1. The number of carboxylic acid groups (broad SMARTS) is 1. The second-order valence-electron chi connectivity index (χ2n) is 5.39. The molecule has 3 heteroatoms. The lowest BCUT2D eigenvalue weighted by Crippen LogP contribution is -2.34. The van der Waals surface area contributed by atoms with Crippen LogP contribution >= 0.6 is 0 Å². The summed E-state index contributed by atoms with van der Waals surface area (Å²) in [5, 5.41) is 8.83. The van der Waals surface area contributed by atoms with Crippen molar-refractivity contribution >= 4 is 5.97 Å². The zero-order chi connectivity index (χ0) is 11.4. The van der Waals surface area contributed by atoms with Crippen molar-refractivity contribution in [2.45, 2.75) is 57.4 Å². The van der Waals surface area contributed by atoms with Gasteiger partial charge < -0.3 is 5.11 Å². The van der Waals surface area contributed by atoms with E-state index in [2.05, 4.69) is 4.90 Å². The summed E-state index contributed by atoms with van der Waals surface area (Å²) in [7, 11) is 0. The van der Waals surface area contributed by atoms with Crippen LogP contribution in [-0.2, 0) is 4.79 Å². The molecule has 0 bridgehead atoms. The second-order valence-corrected chi connectivity index (χ2v) is 5.39. The van der Waals surface area contributed by atoms with Gasteiger partial charge in [-0.05, 0) is 38.1 Å². The third kappa shape index (κ3) is 3.21. The second kappa shape index (κ2) is 5.67. The standard InChI is InChI=1S/C13H23NO2/c15-13(16)10-14-9-3-6-12(14)8-7-11-4-1-2-5-11/h11-12H,1-10H2,(H,15,16). The van der Waals surface area contributed by atoms with Crippen molar-refractivity contribution in [1.82, 2.24) is 4.90 Å². The van der Waals surface area contributed by atoms with Gasteiger partial charge in [-0.1, -0.05) is 25.7 Å². The summed E-state index contributed by atoms with van der Waals surface area (Å²) in [6.07, 6.45) is 10.6. The van der Waals surface area contributed by atoms with Gasteiger partial charge in [0.25, 0.3) is 0 Å². The Hall–Kier alpha value is -0.570. The molecule has 2 aliphatic rings. The first-order chi connectivity index (χ1) is 7.75. The van der Waals surface area contributed by atoms with Crippen LogP contribution in [0.5, 0.6) is 0 Å². The smallest absolute Gasteiger partial charge is 0.317 e. The van der Waals surface area contributed by atoms with E-state index in [1.165, 1.54) is 51.4 Å². The van der Waals surface area contributed by atoms with Crippen LogP contribution in [0.25, 0.3) is 0 Å². The van der Waals surface area contributed by atoms with Crippen LogP contribution in [0.15, 0.2) is 0 Å². The summed E-state index contributed by atoms with van der Waals surface area (Å²) in [4.78, 5) is 12.9. The Morgan fingerprint density at radius 1 is 1.12 bits per heavy atom. The highest BCUT2D eigenvalue weighted by Crippen LogP contribution is 2.31. The molecule has 0 spiro atoms.